The first-order valence-electron chi connectivity index (χ1n) is 12.7. The number of fused-ring (bicyclic) bond motifs is 5. The lowest BCUT2D eigenvalue weighted by Gasteiger charge is -2.52. The molecule has 4 heterocycles. The fourth-order valence-electron chi connectivity index (χ4n) is 6.23. The van der Waals surface area contributed by atoms with Crippen LogP contribution in [0.15, 0.2) is 48.8 Å². The standard InChI is InChI=1S/C27H34N2O9/c1-3-13-16(17(11-30)26(35)36-2)10-19-21-15(14-6-4-5-7-18(14)28-21)8-9-29(19)25(13)38-27-24(34)23(33)22(32)20(12-31)37-27/h3-7,11,13,16,19-20,22-25,27-28,30-34H,1,8-10,12H2,2H3/b17-11-/t13-,16-,19-,20-,22-,23+,24-,25-,27+/m0/s1. The van der Waals surface area contributed by atoms with E-state index >= 15 is 0 Å². The van der Waals surface area contributed by atoms with Crippen LogP contribution in [0.3, 0.4) is 0 Å². The van der Waals surface area contributed by atoms with Crippen molar-refractivity contribution in [3.8, 4) is 0 Å². The first-order valence-corrected chi connectivity index (χ1v) is 12.7. The number of piperidine rings is 1. The molecule has 0 saturated carbocycles. The van der Waals surface area contributed by atoms with Crippen LogP contribution in [0.5, 0.6) is 0 Å². The van der Waals surface area contributed by atoms with Gasteiger partial charge in [-0.15, -0.1) is 6.58 Å². The van der Waals surface area contributed by atoms with Crippen molar-refractivity contribution in [1.29, 1.82) is 0 Å². The number of nitrogens with one attached hydrogen (secondary N) is 1. The highest BCUT2D eigenvalue weighted by molar-refractivity contribution is 5.89. The van der Waals surface area contributed by atoms with Crippen LogP contribution >= 0.6 is 0 Å². The number of benzene rings is 1. The highest BCUT2D eigenvalue weighted by Gasteiger charge is 2.51. The molecule has 3 aliphatic heterocycles. The average molecular weight is 531 g/mol. The zero-order valence-corrected chi connectivity index (χ0v) is 21.0. The molecule has 11 nitrogen and oxygen atoms in total. The molecular weight excluding hydrogens is 496 g/mol. The van der Waals surface area contributed by atoms with Crippen molar-refractivity contribution in [3.05, 3.63) is 60.0 Å². The number of nitrogens with zero attached hydrogens (tertiary/aromatic N) is 1. The maximum atomic E-state index is 12.7. The van der Waals surface area contributed by atoms with Crippen molar-refractivity contribution in [1.82, 2.24) is 9.88 Å². The van der Waals surface area contributed by atoms with E-state index in [9.17, 15) is 30.3 Å². The maximum absolute atomic E-state index is 12.7. The van der Waals surface area contributed by atoms with Gasteiger partial charge < -0.3 is 44.7 Å². The van der Waals surface area contributed by atoms with E-state index in [0.717, 1.165) is 28.4 Å². The van der Waals surface area contributed by atoms with E-state index in [-0.39, 0.29) is 11.6 Å². The molecule has 3 aliphatic rings. The first kappa shape index (κ1) is 26.8. The lowest BCUT2D eigenvalue weighted by molar-refractivity contribution is -0.333. The third-order valence-corrected chi connectivity index (χ3v) is 8.15. The zero-order valence-electron chi connectivity index (χ0n) is 21.0. The number of methoxy groups -OCH3 is 1. The summed E-state index contributed by atoms with van der Waals surface area (Å²) in [5.74, 6) is -1.81. The van der Waals surface area contributed by atoms with Gasteiger partial charge in [-0.25, -0.2) is 4.79 Å². The first-order chi connectivity index (χ1) is 18.3. The summed E-state index contributed by atoms with van der Waals surface area (Å²) in [6, 6.07) is 7.73. The highest BCUT2D eigenvalue weighted by atomic mass is 16.7. The predicted molar refractivity (Wildman–Crippen MR) is 135 cm³/mol. The lowest BCUT2D eigenvalue weighted by Crippen LogP contribution is -2.62. The van der Waals surface area contributed by atoms with Crippen LogP contribution in [0.1, 0.15) is 23.7 Å². The normalized spacial score (nSPS) is 35.9. The third kappa shape index (κ3) is 4.34. The number of carbonyl (C=O) groups excluding carboxylic acids is 1. The Morgan fingerprint density at radius 2 is 2.00 bits per heavy atom. The summed E-state index contributed by atoms with van der Waals surface area (Å²) in [5, 5.41) is 52.1. The summed E-state index contributed by atoms with van der Waals surface area (Å²) < 4.78 is 16.9. The molecule has 0 bridgehead atoms. The summed E-state index contributed by atoms with van der Waals surface area (Å²) in [6.07, 6.45) is -4.54. The number of aliphatic hydroxyl groups excluding tert-OH is 5. The van der Waals surface area contributed by atoms with Crippen molar-refractivity contribution < 1.29 is 44.5 Å². The van der Waals surface area contributed by atoms with Gasteiger partial charge in [0, 0.05) is 35.0 Å². The van der Waals surface area contributed by atoms with E-state index in [4.69, 9.17) is 14.2 Å². The molecule has 0 unspecified atom stereocenters. The minimum absolute atomic E-state index is 0.0580. The van der Waals surface area contributed by atoms with Gasteiger partial charge in [0.05, 0.1) is 31.6 Å². The molecule has 0 aliphatic carbocycles. The Hall–Kier alpha value is -2.77. The number of hydrogen-bond acceptors (Lipinski definition) is 10. The van der Waals surface area contributed by atoms with Crippen molar-refractivity contribution in [2.45, 2.75) is 55.8 Å². The number of para-hydroxylation sites is 1. The largest absolute Gasteiger partial charge is 0.515 e. The molecular formula is C27H34N2O9. The molecule has 11 heteroatoms. The van der Waals surface area contributed by atoms with E-state index in [2.05, 4.69) is 22.5 Å². The molecule has 206 valence electrons. The Morgan fingerprint density at radius 1 is 1.24 bits per heavy atom. The Balaban J connectivity index is 1.56. The van der Waals surface area contributed by atoms with Gasteiger partial charge in [0.25, 0.3) is 0 Å². The molecule has 38 heavy (non-hydrogen) atoms. The summed E-state index contributed by atoms with van der Waals surface area (Å²) in [5.41, 5.74) is 3.17. The number of hydrogen-bond donors (Lipinski definition) is 6. The zero-order chi connectivity index (χ0) is 27.1. The Morgan fingerprint density at radius 3 is 2.68 bits per heavy atom. The molecule has 0 radical (unpaired) electrons. The molecule has 2 fully saturated rings. The Labute approximate surface area is 219 Å². The minimum Gasteiger partial charge on any atom is -0.515 e. The molecule has 5 rings (SSSR count). The second-order valence-corrected chi connectivity index (χ2v) is 10.0. The number of carbonyl (C=O) groups is 1. The van der Waals surface area contributed by atoms with Gasteiger partial charge in [0.1, 0.15) is 30.6 Å². The van der Waals surface area contributed by atoms with Gasteiger partial charge >= 0.3 is 5.97 Å². The number of ether oxygens (including phenoxy) is 3. The molecule has 6 N–H and O–H groups in total. The number of aliphatic hydroxyl groups is 5. The van der Waals surface area contributed by atoms with Gasteiger partial charge in [-0.05, 0) is 24.5 Å². The summed E-state index contributed by atoms with van der Waals surface area (Å²) >= 11 is 0. The maximum Gasteiger partial charge on any atom is 0.337 e. The van der Waals surface area contributed by atoms with Crippen molar-refractivity contribution in [2.24, 2.45) is 11.8 Å². The molecule has 1 aromatic heterocycles. The van der Waals surface area contributed by atoms with Crippen LogP contribution < -0.4 is 0 Å². The van der Waals surface area contributed by atoms with E-state index in [1.165, 1.54) is 7.11 Å². The van der Waals surface area contributed by atoms with Crippen molar-refractivity contribution in [3.63, 3.8) is 0 Å². The fourth-order valence-corrected chi connectivity index (χ4v) is 6.23. The Bertz CT molecular complexity index is 1210. The number of rotatable bonds is 6. The van der Waals surface area contributed by atoms with Gasteiger partial charge in [-0.1, -0.05) is 24.3 Å². The van der Waals surface area contributed by atoms with E-state index in [0.29, 0.717) is 19.4 Å². The highest BCUT2D eigenvalue weighted by Crippen LogP contribution is 2.49. The van der Waals surface area contributed by atoms with Crippen LogP contribution in [0.2, 0.25) is 0 Å². The van der Waals surface area contributed by atoms with Gasteiger partial charge in [0.15, 0.2) is 6.29 Å². The molecule has 0 spiro atoms. The van der Waals surface area contributed by atoms with Crippen molar-refractivity contribution in [2.75, 3.05) is 20.3 Å². The molecule has 0 amide bonds. The van der Waals surface area contributed by atoms with E-state index in [1.807, 2.05) is 18.2 Å². The summed E-state index contributed by atoms with van der Waals surface area (Å²) in [4.78, 5) is 18.3. The molecule has 1 aromatic carbocycles. The second kappa shape index (κ2) is 10.8. The minimum atomic E-state index is -1.60. The number of aromatic amines is 1. The van der Waals surface area contributed by atoms with Crippen LogP contribution in [-0.4, -0.2) is 98.6 Å². The molecule has 2 aromatic rings. The third-order valence-electron chi connectivity index (χ3n) is 8.15. The second-order valence-electron chi connectivity index (χ2n) is 10.0. The van der Waals surface area contributed by atoms with E-state index < -0.39 is 61.3 Å². The predicted octanol–water partition coefficient (Wildman–Crippen LogP) is 0.647. The monoisotopic (exact) mass is 530 g/mol. The average Bonchev–Trinajstić information content (AvgIpc) is 3.32. The van der Waals surface area contributed by atoms with Gasteiger partial charge in [-0.3, -0.25) is 4.90 Å². The lowest BCUT2D eigenvalue weighted by atomic mass is 9.74. The summed E-state index contributed by atoms with van der Waals surface area (Å²) in [7, 11) is 1.24. The number of esters is 1. The SMILES string of the molecule is C=C[C@H]1[C@@H](/C(=C/O)C(=O)OC)C[C@H]2c3[nH]c4ccccc4c3CCN2[C@H]1O[C@H]1O[C@@H](CO)[C@H](O)[C@@H](O)[C@@H]1O. The van der Waals surface area contributed by atoms with Crippen LogP contribution in [0.25, 0.3) is 10.9 Å². The summed E-state index contributed by atoms with van der Waals surface area (Å²) in [6.45, 7) is 3.95. The van der Waals surface area contributed by atoms with Crippen LogP contribution in [-0.2, 0) is 25.4 Å². The van der Waals surface area contributed by atoms with E-state index in [1.54, 1.807) is 6.08 Å². The molecule has 2 saturated heterocycles. The van der Waals surface area contributed by atoms with Crippen LogP contribution in [0, 0.1) is 11.8 Å². The number of aromatic nitrogens is 1. The Kier molecular flexibility index (Phi) is 7.60. The quantitative estimate of drug-likeness (QED) is 0.135. The fraction of sp³-hybridized carbons (Fsp3) is 0.519. The van der Waals surface area contributed by atoms with Gasteiger partial charge in [-0.2, -0.15) is 0 Å². The topological polar surface area (TPSA) is 165 Å². The smallest absolute Gasteiger partial charge is 0.337 e. The number of H-pyrrole nitrogens is 1. The van der Waals surface area contributed by atoms with Crippen LogP contribution in [0.4, 0.5) is 0 Å². The van der Waals surface area contributed by atoms with Gasteiger partial charge in [0.2, 0.25) is 0 Å². The molecule has 9 atom stereocenters. The van der Waals surface area contributed by atoms with Crippen molar-refractivity contribution >= 4 is 16.9 Å².